The molecule has 3 nitrogen and oxygen atoms in total. The van der Waals surface area contributed by atoms with Crippen LogP contribution in [0.15, 0.2) is 22.8 Å². The zero-order valence-electron chi connectivity index (χ0n) is 11.4. The highest BCUT2D eigenvalue weighted by Crippen LogP contribution is 2.21. The Kier molecular flexibility index (Phi) is 5.26. The van der Waals surface area contributed by atoms with Gasteiger partial charge < -0.3 is 15.5 Å². The minimum atomic E-state index is 0.385. The molecule has 0 saturated heterocycles. The monoisotopic (exact) mass is 250 g/mol. The smallest absolute Gasteiger partial charge is 0.105 e. The van der Waals surface area contributed by atoms with E-state index in [1.54, 1.807) is 6.26 Å². The Morgan fingerprint density at radius 1 is 1.39 bits per heavy atom. The van der Waals surface area contributed by atoms with Crippen LogP contribution in [0.5, 0.6) is 0 Å². The molecule has 0 radical (unpaired) electrons. The Bertz CT molecular complexity index is 323. The molecule has 3 atom stereocenters. The average Bonchev–Trinajstić information content (AvgIpc) is 2.76. The maximum Gasteiger partial charge on any atom is 0.105 e. The maximum atomic E-state index is 6.24. The molecule has 102 valence electrons. The minimum Gasteiger partial charge on any atom is -0.469 e. The fourth-order valence-corrected chi connectivity index (χ4v) is 2.82. The summed E-state index contributed by atoms with van der Waals surface area (Å²) in [6.07, 6.45) is 9.16. The van der Waals surface area contributed by atoms with Gasteiger partial charge in [-0.2, -0.15) is 0 Å². The molecule has 0 amide bonds. The second kappa shape index (κ2) is 6.95. The molecule has 3 heteroatoms. The van der Waals surface area contributed by atoms with Gasteiger partial charge in [0.2, 0.25) is 0 Å². The summed E-state index contributed by atoms with van der Waals surface area (Å²) in [6, 6.07) is 4.82. The quantitative estimate of drug-likeness (QED) is 0.790. The molecule has 18 heavy (non-hydrogen) atoms. The van der Waals surface area contributed by atoms with Gasteiger partial charge in [0.05, 0.1) is 6.26 Å². The van der Waals surface area contributed by atoms with Crippen LogP contribution in [0.1, 0.15) is 44.8 Å². The van der Waals surface area contributed by atoms with Crippen LogP contribution in [0.4, 0.5) is 0 Å². The summed E-state index contributed by atoms with van der Waals surface area (Å²) in [5.74, 6) is 1.70. The van der Waals surface area contributed by atoms with Gasteiger partial charge >= 0.3 is 0 Å². The standard InChI is InChI=1S/C15H26N2O/c1-12(10-14-7-5-9-18-14)17-11-13-6-3-2-4-8-15(13)16/h5,7,9,12-13,15,17H,2-4,6,8,10-11,16H2,1H3. The summed E-state index contributed by atoms with van der Waals surface area (Å²) in [7, 11) is 0. The van der Waals surface area contributed by atoms with Gasteiger partial charge in [-0.3, -0.25) is 0 Å². The van der Waals surface area contributed by atoms with Crippen LogP contribution >= 0.6 is 0 Å². The van der Waals surface area contributed by atoms with E-state index in [0.29, 0.717) is 18.0 Å². The van der Waals surface area contributed by atoms with Crippen molar-refractivity contribution in [3.05, 3.63) is 24.2 Å². The lowest BCUT2D eigenvalue weighted by molar-refractivity contribution is 0.351. The molecule has 1 aromatic heterocycles. The van der Waals surface area contributed by atoms with E-state index < -0.39 is 0 Å². The summed E-state index contributed by atoms with van der Waals surface area (Å²) >= 11 is 0. The minimum absolute atomic E-state index is 0.385. The predicted octanol–water partition coefficient (Wildman–Crippen LogP) is 2.71. The van der Waals surface area contributed by atoms with Crippen LogP contribution in [0, 0.1) is 5.92 Å². The van der Waals surface area contributed by atoms with Crippen LogP contribution in [0.25, 0.3) is 0 Å². The lowest BCUT2D eigenvalue weighted by Gasteiger charge is -2.23. The van der Waals surface area contributed by atoms with Crippen LogP contribution in [-0.4, -0.2) is 18.6 Å². The van der Waals surface area contributed by atoms with Crippen molar-refractivity contribution in [2.75, 3.05) is 6.54 Å². The largest absolute Gasteiger partial charge is 0.469 e. The third-order valence-electron chi connectivity index (χ3n) is 4.03. The third kappa shape index (κ3) is 4.14. The Morgan fingerprint density at radius 3 is 3.00 bits per heavy atom. The fraction of sp³-hybridized carbons (Fsp3) is 0.733. The highest BCUT2D eigenvalue weighted by Gasteiger charge is 2.20. The van der Waals surface area contributed by atoms with E-state index in [1.165, 1.54) is 32.1 Å². The molecule has 1 aromatic rings. The molecule has 0 bridgehead atoms. The molecule has 1 heterocycles. The van der Waals surface area contributed by atoms with Crippen molar-refractivity contribution >= 4 is 0 Å². The molecule has 0 aliphatic heterocycles. The first-order chi connectivity index (χ1) is 8.75. The van der Waals surface area contributed by atoms with Crippen molar-refractivity contribution < 1.29 is 4.42 Å². The van der Waals surface area contributed by atoms with Crippen LogP contribution in [0.2, 0.25) is 0 Å². The van der Waals surface area contributed by atoms with Gasteiger partial charge in [-0.25, -0.2) is 0 Å². The highest BCUT2D eigenvalue weighted by molar-refractivity contribution is 5.00. The molecule has 1 aliphatic rings. The number of furan rings is 1. The highest BCUT2D eigenvalue weighted by atomic mass is 16.3. The molecule has 0 aromatic carbocycles. The van der Waals surface area contributed by atoms with E-state index in [0.717, 1.165) is 18.7 Å². The topological polar surface area (TPSA) is 51.2 Å². The first kappa shape index (κ1) is 13.6. The van der Waals surface area contributed by atoms with Crippen molar-refractivity contribution in [2.24, 2.45) is 11.7 Å². The van der Waals surface area contributed by atoms with Crippen molar-refractivity contribution in [1.29, 1.82) is 0 Å². The van der Waals surface area contributed by atoms with Gasteiger partial charge in [0.25, 0.3) is 0 Å². The Balaban J connectivity index is 1.72. The lowest BCUT2D eigenvalue weighted by Crippen LogP contribution is -2.40. The molecule has 1 fully saturated rings. The lowest BCUT2D eigenvalue weighted by atomic mass is 9.95. The SMILES string of the molecule is CC(Cc1ccco1)NCC1CCCCCC1N. The molecule has 0 spiro atoms. The summed E-state index contributed by atoms with van der Waals surface area (Å²) in [5.41, 5.74) is 6.24. The molecule has 1 saturated carbocycles. The molecule has 1 aliphatic carbocycles. The zero-order chi connectivity index (χ0) is 12.8. The molecular weight excluding hydrogens is 224 g/mol. The van der Waals surface area contributed by atoms with E-state index >= 15 is 0 Å². The van der Waals surface area contributed by atoms with Crippen molar-refractivity contribution in [3.63, 3.8) is 0 Å². The Labute approximate surface area is 110 Å². The molecular formula is C15H26N2O. The van der Waals surface area contributed by atoms with Gasteiger partial charge in [0, 0.05) is 18.5 Å². The number of hydrogen-bond donors (Lipinski definition) is 2. The fourth-order valence-electron chi connectivity index (χ4n) is 2.82. The van der Waals surface area contributed by atoms with Crippen LogP contribution in [0.3, 0.4) is 0 Å². The predicted molar refractivity (Wildman–Crippen MR) is 74.4 cm³/mol. The number of nitrogens with two attached hydrogens (primary N) is 1. The van der Waals surface area contributed by atoms with Gasteiger partial charge in [-0.15, -0.1) is 0 Å². The third-order valence-corrected chi connectivity index (χ3v) is 4.03. The number of hydrogen-bond acceptors (Lipinski definition) is 3. The Hall–Kier alpha value is -0.800. The summed E-state index contributed by atoms with van der Waals surface area (Å²) in [4.78, 5) is 0. The molecule has 3 N–H and O–H groups in total. The first-order valence-corrected chi connectivity index (χ1v) is 7.27. The van der Waals surface area contributed by atoms with Gasteiger partial charge in [-0.1, -0.05) is 19.3 Å². The summed E-state index contributed by atoms with van der Waals surface area (Å²) in [5, 5.41) is 3.61. The molecule has 2 rings (SSSR count). The summed E-state index contributed by atoms with van der Waals surface area (Å²) < 4.78 is 5.37. The van der Waals surface area contributed by atoms with Crippen LogP contribution in [-0.2, 0) is 6.42 Å². The van der Waals surface area contributed by atoms with Crippen molar-refractivity contribution in [2.45, 2.75) is 57.5 Å². The van der Waals surface area contributed by atoms with Gasteiger partial charge in [0.1, 0.15) is 5.76 Å². The van der Waals surface area contributed by atoms with E-state index in [-0.39, 0.29) is 0 Å². The first-order valence-electron chi connectivity index (χ1n) is 7.27. The van der Waals surface area contributed by atoms with Gasteiger partial charge in [0.15, 0.2) is 0 Å². The molecule has 3 unspecified atom stereocenters. The van der Waals surface area contributed by atoms with E-state index in [4.69, 9.17) is 10.2 Å². The number of nitrogens with one attached hydrogen (secondary N) is 1. The van der Waals surface area contributed by atoms with Crippen molar-refractivity contribution in [1.82, 2.24) is 5.32 Å². The van der Waals surface area contributed by atoms with E-state index in [1.807, 2.05) is 12.1 Å². The Morgan fingerprint density at radius 2 is 2.22 bits per heavy atom. The number of rotatable bonds is 5. The van der Waals surface area contributed by atoms with Gasteiger partial charge in [-0.05, 0) is 44.4 Å². The van der Waals surface area contributed by atoms with Crippen LogP contribution < -0.4 is 11.1 Å². The van der Waals surface area contributed by atoms with E-state index in [9.17, 15) is 0 Å². The zero-order valence-corrected chi connectivity index (χ0v) is 11.4. The second-order valence-electron chi connectivity index (χ2n) is 5.65. The second-order valence-corrected chi connectivity index (χ2v) is 5.65. The summed E-state index contributed by atoms with van der Waals surface area (Å²) in [6.45, 7) is 3.26. The van der Waals surface area contributed by atoms with Crippen molar-refractivity contribution in [3.8, 4) is 0 Å². The maximum absolute atomic E-state index is 6.24. The normalized spacial score (nSPS) is 26.8. The average molecular weight is 250 g/mol. The van der Waals surface area contributed by atoms with E-state index in [2.05, 4.69) is 12.2 Å².